The Labute approximate surface area is 122 Å². The third-order valence-electron chi connectivity index (χ3n) is 4.05. The molecule has 1 saturated carbocycles. The molecule has 1 fully saturated rings. The molecule has 0 aliphatic heterocycles. The number of nitrogens with zero attached hydrogens (tertiary/aromatic N) is 3. The molecule has 0 unspecified atom stereocenters. The molecule has 0 atom stereocenters. The second-order valence-corrected chi connectivity index (χ2v) is 5.77. The van der Waals surface area contributed by atoms with Gasteiger partial charge in [0.1, 0.15) is 22.8 Å². The second kappa shape index (κ2) is 4.28. The number of phenolic OH excluding ortho intramolecular Hbond substituents is 1. The van der Waals surface area contributed by atoms with E-state index in [0.717, 1.165) is 22.3 Å². The first-order valence-corrected chi connectivity index (χ1v) is 7.16. The molecule has 2 heterocycles. The van der Waals surface area contributed by atoms with Crippen LogP contribution in [0.3, 0.4) is 0 Å². The number of fused-ring (bicyclic) bond motifs is 1. The molecule has 106 valence electrons. The van der Waals surface area contributed by atoms with Crippen LogP contribution in [0.1, 0.15) is 35.7 Å². The number of aromatic amines is 1. The van der Waals surface area contributed by atoms with Gasteiger partial charge in [-0.3, -0.25) is 5.10 Å². The molecule has 1 aromatic carbocycles. The summed E-state index contributed by atoms with van der Waals surface area (Å²) >= 11 is 0. The first kappa shape index (κ1) is 12.3. The topological polar surface area (TPSA) is 74.7 Å². The van der Waals surface area contributed by atoms with Gasteiger partial charge in [-0.1, -0.05) is 12.1 Å². The van der Waals surface area contributed by atoms with E-state index in [2.05, 4.69) is 20.2 Å². The van der Waals surface area contributed by atoms with Crippen LogP contribution in [0.25, 0.3) is 22.4 Å². The van der Waals surface area contributed by atoms with Crippen LogP contribution < -0.4 is 0 Å². The number of benzene rings is 1. The number of aromatic nitrogens is 4. The van der Waals surface area contributed by atoms with Gasteiger partial charge in [-0.05, 0) is 43.9 Å². The number of rotatable bonds is 2. The number of hydrogen-bond donors (Lipinski definition) is 2. The molecule has 5 heteroatoms. The minimum atomic E-state index is 0.232. The fourth-order valence-electron chi connectivity index (χ4n) is 2.67. The summed E-state index contributed by atoms with van der Waals surface area (Å²) in [7, 11) is 0. The van der Waals surface area contributed by atoms with Crippen LogP contribution in [0.15, 0.2) is 18.2 Å². The van der Waals surface area contributed by atoms with Crippen molar-refractivity contribution in [3.8, 4) is 17.3 Å². The summed E-state index contributed by atoms with van der Waals surface area (Å²) in [5.74, 6) is 2.30. The molecular weight excluding hydrogens is 264 g/mol. The number of pyridine rings is 1. The lowest BCUT2D eigenvalue weighted by molar-refractivity contribution is 0.476. The van der Waals surface area contributed by atoms with Crippen molar-refractivity contribution in [2.45, 2.75) is 32.6 Å². The smallest absolute Gasteiger partial charge is 0.199 e. The van der Waals surface area contributed by atoms with Crippen LogP contribution in [0.4, 0.5) is 0 Å². The molecule has 0 saturated heterocycles. The van der Waals surface area contributed by atoms with Gasteiger partial charge in [-0.25, -0.2) is 9.97 Å². The van der Waals surface area contributed by atoms with E-state index in [0.29, 0.717) is 23.0 Å². The van der Waals surface area contributed by atoms with Crippen LogP contribution in [0.2, 0.25) is 0 Å². The first-order chi connectivity index (χ1) is 10.1. The molecule has 0 spiro atoms. The van der Waals surface area contributed by atoms with Crippen LogP contribution in [0.5, 0.6) is 5.75 Å². The van der Waals surface area contributed by atoms with Crippen LogP contribution in [0, 0.1) is 13.8 Å². The highest BCUT2D eigenvalue weighted by Crippen LogP contribution is 2.38. The lowest BCUT2D eigenvalue weighted by atomic mass is 10.0. The van der Waals surface area contributed by atoms with E-state index in [9.17, 15) is 5.11 Å². The Hall–Kier alpha value is -2.43. The maximum absolute atomic E-state index is 10.2. The zero-order valence-corrected chi connectivity index (χ0v) is 12.0. The summed E-state index contributed by atoms with van der Waals surface area (Å²) in [6, 6.07) is 5.85. The van der Waals surface area contributed by atoms with Gasteiger partial charge in [0.25, 0.3) is 0 Å². The van der Waals surface area contributed by atoms with Gasteiger partial charge >= 0.3 is 0 Å². The number of H-pyrrole nitrogens is 1. The average molecular weight is 280 g/mol. The van der Waals surface area contributed by atoms with Crippen molar-refractivity contribution in [1.29, 1.82) is 0 Å². The van der Waals surface area contributed by atoms with Gasteiger partial charge in [-0.2, -0.15) is 5.10 Å². The first-order valence-electron chi connectivity index (χ1n) is 7.16. The molecule has 5 nitrogen and oxygen atoms in total. The molecule has 3 aromatic rings. The van der Waals surface area contributed by atoms with E-state index in [1.165, 1.54) is 12.8 Å². The van der Waals surface area contributed by atoms with E-state index in [1.807, 2.05) is 32.0 Å². The highest BCUT2D eigenvalue weighted by molar-refractivity contribution is 5.89. The highest BCUT2D eigenvalue weighted by Gasteiger charge is 2.27. The summed E-state index contributed by atoms with van der Waals surface area (Å²) in [6.07, 6.45) is 2.36. The van der Waals surface area contributed by atoms with Crippen molar-refractivity contribution in [3.05, 3.63) is 35.2 Å². The van der Waals surface area contributed by atoms with Gasteiger partial charge < -0.3 is 5.11 Å². The Kier molecular flexibility index (Phi) is 2.51. The molecular formula is C16H16N4O. The summed E-state index contributed by atoms with van der Waals surface area (Å²) in [5.41, 5.74) is 3.24. The molecule has 1 aliphatic carbocycles. The second-order valence-electron chi connectivity index (χ2n) is 5.77. The Morgan fingerprint density at radius 2 is 1.95 bits per heavy atom. The fraction of sp³-hybridized carbons (Fsp3) is 0.312. The van der Waals surface area contributed by atoms with Crippen molar-refractivity contribution >= 4 is 10.9 Å². The standard InChI is InChI=1S/C16H16N4O/c1-8-7-9(2)14(21)13-11(8)5-6-12(17-13)16-18-15(19-20-16)10-3-4-10/h5-7,10,21H,3-4H2,1-2H3,(H,18,19,20). The zero-order chi connectivity index (χ0) is 14.6. The molecule has 0 radical (unpaired) electrons. The molecule has 2 aromatic heterocycles. The monoisotopic (exact) mass is 280 g/mol. The third kappa shape index (κ3) is 1.96. The Bertz CT molecular complexity index is 849. The summed E-state index contributed by atoms with van der Waals surface area (Å²) < 4.78 is 0. The van der Waals surface area contributed by atoms with Gasteiger partial charge in [-0.15, -0.1) is 0 Å². The fourth-order valence-corrected chi connectivity index (χ4v) is 2.67. The molecule has 4 rings (SSSR count). The number of phenols is 1. The van der Waals surface area contributed by atoms with Gasteiger partial charge in [0, 0.05) is 11.3 Å². The highest BCUT2D eigenvalue weighted by atomic mass is 16.3. The van der Waals surface area contributed by atoms with E-state index < -0.39 is 0 Å². The molecule has 1 aliphatic rings. The molecule has 2 N–H and O–H groups in total. The number of aryl methyl sites for hydroxylation is 2. The zero-order valence-electron chi connectivity index (χ0n) is 12.0. The molecule has 0 amide bonds. The van der Waals surface area contributed by atoms with E-state index in [1.54, 1.807) is 0 Å². The van der Waals surface area contributed by atoms with Crippen molar-refractivity contribution in [1.82, 2.24) is 20.2 Å². The van der Waals surface area contributed by atoms with Gasteiger partial charge in [0.15, 0.2) is 5.82 Å². The maximum Gasteiger partial charge on any atom is 0.199 e. The van der Waals surface area contributed by atoms with Crippen molar-refractivity contribution in [2.24, 2.45) is 0 Å². The minimum Gasteiger partial charge on any atom is -0.505 e. The van der Waals surface area contributed by atoms with Crippen molar-refractivity contribution < 1.29 is 5.11 Å². The quantitative estimate of drug-likeness (QED) is 0.755. The van der Waals surface area contributed by atoms with Gasteiger partial charge in [0.05, 0.1) is 0 Å². The lowest BCUT2D eigenvalue weighted by Crippen LogP contribution is -1.91. The number of aromatic hydroxyl groups is 1. The third-order valence-corrected chi connectivity index (χ3v) is 4.05. The van der Waals surface area contributed by atoms with Crippen molar-refractivity contribution in [3.63, 3.8) is 0 Å². The Balaban J connectivity index is 1.87. The van der Waals surface area contributed by atoms with E-state index in [4.69, 9.17) is 0 Å². The predicted molar refractivity (Wildman–Crippen MR) is 80.2 cm³/mol. The summed E-state index contributed by atoms with van der Waals surface area (Å²) in [5, 5.41) is 18.4. The molecule has 0 bridgehead atoms. The Morgan fingerprint density at radius 1 is 1.14 bits per heavy atom. The SMILES string of the molecule is Cc1cc(C)c2ccc(-c3n[nH]c(C4CC4)n3)nc2c1O. The van der Waals surface area contributed by atoms with Crippen LogP contribution in [-0.4, -0.2) is 25.3 Å². The summed E-state index contributed by atoms with van der Waals surface area (Å²) in [4.78, 5) is 9.08. The van der Waals surface area contributed by atoms with Crippen LogP contribution >= 0.6 is 0 Å². The van der Waals surface area contributed by atoms with Gasteiger partial charge in [0.2, 0.25) is 0 Å². The normalized spacial score (nSPS) is 14.8. The minimum absolute atomic E-state index is 0.232. The van der Waals surface area contributed by atoms with Crippen LogP contribution in [-0.2, 0) is 0 Å². The van der Waals surface area contributed by atoms with E-state index in [-0.39, 0.29) is 5.75 Å². The van der Waals surface area contributed by atoms with Crippen molar-refractivity contribution in [2.75, 3.05) is 0 Å². The Morgan fingerprint density at radius 3 is 2.71 bits per heavy atom. The van der Waals surface area contributed by atoms with E-state index >= 15 is 0 Å². The molecule has 21 heavy (non-hydrogen) atoms. The lowest BCUT2D eigenvalue weighted by Gasteiger charge is -2.08. The predicted octanol–water partition coefficient (Wildman–Crippen LogP) is 3.22. The number of nitrogens with one attached hydrogen (secondary N) is 1. The summed E-state index contributed by atoms with van der Waals surface area (Å²) in [6.45, 7) is 3.91. The number of hydrogen-bond acceptors (Lipinski definition) is 4. The maximum atomic E-state index is 10.2. The average Bonchev–Trinajstić information content (AvgIpc) is 3.22. The largest absolute Gasteiger partial charge is 0.505 e.